The van der Waals surface area contributed by atoms with Gasteiger partial charge in [0.2, 0.25) is 0 Å². The second-order valence-electron chi connectivity index (χ2n) is 4.54. The largest absolute Gasteiger partial charge is 0.480 e. The molecule has 1 rings (SSSR count). The Kier molecular flexibility index (Phi) is 3.65. The van der Waals surface area contributed by atoms with Crippen molar-refractivity contribution in [1.29, 1.82) is 0 Å². The maximum absolute atomic E-state index is 13.0. The van der Waals surface area contributed by atoms with E-state index >= 15 is 0 Å². The molecule has 0 bridgehead atoms. The molecule has 0 aliphatic rings. The molecule has 4 heteroatoms. The van der Waals surface area contributed by atoms with Gasteiger partial charge in [-0.25, -0.2) is 4.39 Å². The maximum atomic E-state index is 13.0. The molecule has 3 N–H and O–H groups in total. The third-order valence-electron chi connectivity index (χ3n) is 2.65. The van der Waals surface area contributed by atoms with E-state index in [0.717, 1.165) is 5.56 Å². The highest BCUT2D eigenvalue weighted by atomic mass is 19.1. The van der Waals surface area contributed by atoms with Gasteiger partial charge in [-0.1, -0.05) is 26.0 Å². The van der Waals surface area contributed by atoms with Crippen LogP contribution in [0.15, 0.2) is 24.3 Å². The van der Waals surface area contributed by atoms with Gasteiger partial charge in [0.1, 0.15) is 11.9 Å². The third kappa shape index (κ3) is 3.03. The number of carboxylic acids is 1. The summed E-state index contributed by atoms with van der Waals surface area (Å²) in [6.07, 6.45) is 0.270. The van der Waals surface area contributed by atoms with E-state index in [1.165, 1.54) is 12.1 Å². The number of aliphatic carboxylic acids is 1. The van der Waals surface area contributed by atoms with Gasteiger partial charge in [-0.05, 0) is 29.5 Å². The fourth-order valence-electron chi connectivity index (χ4n) is 1.66. The zero-order chi connectivity index (χ0) is 12.3. The molecule has 1 unspecified atom stereocenters. The van der Waals surface area contributed by atoms with Crippen molar-refractivity contribution in [2.24, 2.45) is 5.73 Å². The lowest BCUT2D eigenvalue weighted by molar-refractivity contribution is -0.139. The van der Waals surface area contributed by atoms with Crippen molar-refractivity contribution in [1.82, 2.24) is 0 Å². The Morgan fingerprint density at radius 3 is 2.69 bits per heavy atom. The highest BCUT2D eigenvalue weighted by Gasteiger charge is 2.27. The quantitative estimate of drug-likeness (QED) is 0.822. The molecule has 1 atom stereocenters. The second kappa shape index (κ2) is 4.61. The van der Waals surface area contributed by atoms with Crippen LogP contribution in [-0.2, 0) is 10.2 Å². The van der Waals surface area contributed by atoms with Crippen LogP contribution in [0.1, 0.15) is 25.8 Å². The third-order valence-corrected chi connectivity index (χ3v) is 2.65. The Morgan fingerprint density at radius 2 is 2.19 bits per heavy atom. The number of rotatable bonds is 4. The smallest absolute Gasteiger partial charge is 0.320 e. The summed E-state index contributed by atoms with van der Waals surface area (Å²) in [6, 6.07) is 5.22. The minimum Gasteiger partial charge on any atom is -0.480 e. The SMILES string of the molecule is CC(C)(CC(N)C(=O)O)c1cccc(F)c1. The van der Waals surface area contributed by atoms with E-state index in [4.69, 9.17) is 10.8 Å². The van der Waals surface area contributed by atoms with E-state index in [1.807, 2.05) is 13.8 Å². The average Bonchev–Trinajstić information content (AvgIpc) is 2.17. The highest BCUT2D eigenvalue weighted by molar-refractivity contribution is 5.73. The van der Waals surface area contributed by atoms with E-state index in [0.29, 0.717) is 0 Å². The Morgan fingerprint density at radius 1 is 1.56 bits per heavy atom. The lowest BCUT2D eigenvalue weighted by Gasteiger charge is -2.27. The first-order chi connectivity index (χ1) is 7.33. The van der Waals surface area contributed by atoms with E-state index in [1.54, 1.807) is 12.1 Å². The molecule has 3 nitrogen and oxygen atoms in total. The lowest BCUT2D eigenvalue weighted by atomic mass is 9.79. The molecule has 0 saturated heterocycles. The molecule has 1 aromatic carbocycles. The first kappa shape index (κ1) is 12.6. The number of carboxylic acid groups (broad SMARTS) is 1. The summed E-state index contributed by atoms with van der Waals surface area (Å²) >= 11 is 0. The summed E-state index contributed by atoms with van der Waals surface area (Å²) in [5.74, 6) is -1.36. The van der Waals surface area contributed by atoms with Crippen LogP contribution in [0.25, 0.3) is 0 Å². The molecule has 1 aromatic rings. The van der Waals surface area contributed by atoms with Crippen LogP contribution in [0.5, 0.6) is 0 Å². The van der Waals surface area contributed by atoms with Gasteiger partial charge in [0, 0.05) is 0 Å². The number of hydrogen-bond donors (Lipinski definition) is 2. The number of hydrogen-bond acceptors (Lipinski definition) is 2. The summed E-state index contributed by atoms with van der Waals surface area (Å²) in [5.41, 5.74) is 5.78. The van der Waals surface area contributed by atoms with Gasteiger partial charge < -0.3 is 10.8 Å². The fourth-order valence-corrected chi connectivity index (χ4v) is 1.66. The van der Waals surface area contributed by atoms with Crippen molar-refractivity contribution in [3.8, 4) is 0 Å². The molecule has 0 aliphatic carbocycles. The summed E-state index contributed by atoms with van der Waals surface area (Å²) in [7, 11) is 0. The molecule has 0 saturated carbocycles. The minimum atomic E-state index is -1.04. The van der Waals surface area contributed by atoms with Crippen LogP contribution >= 0.6 is 0 Å². The molecule has 88 valence electrons. The molecule has 0 fully saturated rings. The van der Waals surface area contributed by atoms with Crippen molar-refractivity contribution in [2.75, 3.05) is 0 Å². The zero-order valence-corrected chi connectivity index (χ0v) is 9.40. The Hall–Kier alpha value is -1.42. The van der Waals surface area contributed by atoms with E-state index < -0.39 is 17.4 Å². The van der Waals surface area contributed by atoms with Crippen molar-refractivity contribution < 1.29 is 14.3 Å². The summed E-state index contributed by atoms with van der Waals surface area (Å²) in [5, 5.41) is 8.75. The molecule has 16 heavy (non-hydrogen) atoms. The average molecular weight is 225 g/mol. The van der Waals surface area contributed by atoms with Gasteiger partial charge in [0.05, 0.1) is 0 Å². The van der Waals surface area contributed by atoms with Crippen LogP contribution in [0.3, 0.4) is 0 Å². The Balaban J connectivity index is 2.89. The summed E-state index contributed by atoms with van der Waals surface area (Å²) < 4.78 is 13.0. The van der Waals surface area contributed by atoms with Gasteiger partial charge in [0.25, 0.3) is 0 Å². The van der Waals surface area contributed by atoms with E-state index in [2.05, 4.69) is 0 Å². The minimum absolute atomic E-state index is 0.270. The molecule has 0 heterocycles. The zero-order valence-electron chi connectivity index (χ0n) is 9.40. The van der Waals surface area contributed by atoms with Crippen LogP contribution in [0.2, 0.25) is 0 Å². The van der Waals surface area contributed by atoms with E-state index in [9.17, 15) is 9.18 Å². The van der Waals surface area contributed by atoms with Gasteiger partial charge in [-0.3, -0.25) is 4.79 Å². The first-order valence-electron chi connectivity index (χ1n) is 5.07. The standard InChI is InChI=1S/C12H16FNO2/c1-12(2,7-10(14)11(15)16)8-4-3-5-9(13)6-8/h3-6,10H,7,14H2,1-2H3,(H,15,16). The van der Waals surface area contributed by atoms with Crippen LogP contribution in [0, 0.1) is 5.82 Å². The molecular formula is C12H16FNO2. The molecule has 0 amide bonds. The summed E-state index contributed by atoms with van der Waals surface area (Å²) in [6.45, 7) is 3.70. The number of halogens is 1. The van der Waals surface area contributed by atoms with Crippen molar-refractivity contribution >= 4 is 5.97 Å². The Bertz CT molecular complexity index is 390. The van der Waals surface area contributed by atoms with Gasteiger partial charge in [0.15, 0.2) is 0 Å². The number of nitrogens with two attached hydrogens (primary N) is 1. The van der Waals surface area contributed by atoms with Crippen LogP contribution < -0.4 is 5.73 Å². The molecule has 0 spiro atoms. The normalized spacial score (nSPS) is 13.5. The monoisotopic (exact) mass is 225 g/mol. The topological polar surface area (TPSA) is 63.3 Å². The molecule has 0 aliphatic heterocycles. The van der Waals surface area contributed by atoms with Gasteiger partial charge >= 0.3 is 5.97 Å². The van der Waals surface area contributed by atoms with Crippen molar-refractivity contribution in [3.05, 3.63) is 35.6 Å². The van der Waals surface area contributed by atoms with Gasteiger partial charge in [-0.2, -0.15) is 0 Å². The number of carbonyl (C=O) groups is 1. The second-order valence-corrected chi connectivity index (χ2v) is 4.54. The van der Waals surface area contributed by atoms with Crippen LogP contribution in [-0.4, -0.2) is 17.1 Å². The maximum Gasteiger partial charge on any atom is 0.320 e. The number of benzene rings is 1. The van der Waals surface area contributed by atoms with E-state index in [-0.39, 0.29) is 12.2 Å². The highest BCUT2D eigenvalue weighted by Crippen LogP contribution is 2.28. The van der Waals surface area contributed by atoms with Crippen molar-refractivity contribution in [3.63, 3.8) is 0 Å². The van der Waals surface area contributed by atoms with Crippen molar-refractivity contribution in [2.45, 2.75) is 31.7 Å². The Labute approximate surface area is 94.1 Å². The molecule has 0 radical (unpaired) electrons. The molecule has 0 aromatic heterocycles. The lowest BCUT2D eigenvalue weighted by Crippen LogP contribution is -2.36. The summed E-state index contributed by atoms with van der Waals surface area (Å²) in [4.78, 5) is 10.7. The predicted octanol–water partition coefficient (Wildman–Crippen LogP) is 1.91. The van der Waals surface area contributed by atoms with Gasteiger partial charge in [-0.15, -0.1) is 0 Å². The molecular weight excluding hydrogens is 209 g/mol. The predicted molar refractivity (Wildman–Crippen MR) is 59.7 cm³/mol. The fraction of sp³-hybridized carbons (Fsp3) is 0.417. The first-order valence-corrected chi connectivity index (χ1v) is 5.07. The van der Waals surface area contributed by atoms with Crippen LogP contribution in [0.4, 0.5) is 4.39 Å².